The zero-order valence-corrected chi connectivity index (χ0v) is 8.03. The summed E-state index contributed by atoms with van der Waals surface area (Å²) in [6.07, 6.45) is 1.60. The zero-order chi connectivity index (χ0) is 8.28. The van der Waals surface area contributed by atoms with Crippen LogP contribution < -0.4 is 0 Å². The molecule has 0 aliphatic rings. The van der Waals surface area contributed by atoms with E-state index in [4.69, 9.17) is 32.3 Å². The van der Waals surface area contributed by atoms with Gasteiger partial charge in [-0.05, 0) is 0 Å². The van der Waals surface area contributed by atoms with E-state index >= 15 is 0 Å². The van der Waals surface area contributed by atoms with Gasteiger partial charge < -0.3 is 0 Å². The summed E-state index contributed by atoms with van der Waals surface area (Å²) < 4.78 is 4.43. The number of hydrogen-bond acceptors (Lipinski definition) is 3. The standard InChI is InChI=1S/C4H11Cl2O3P/c1-2-3-4-9-10(5,6,7)8/h7-8H,2-4H2,1H3. The van der Waals surface area contributed by atoms with E-state index < -0.39 is 5.99 Å². The van der Waals surface area contributed by atoms with Crippen LogP contribution in [0.3, 0.4) is 0 Å². The van der Waals surface area contributed by atoms with Crippen LogP contribution in [0.2, 0.25) is 0 Å². The van der Waals surface area contributed by atoms with Gasteiger partial charge in [-0.25, -0.2) is 0 Å². The summed E-state index contributed by atoms with van der Waals surface area (Å²) in [5.74, 6) is -4.70. The monoisotopic (exact) mass is 208 g/mol. The van der Waals surface area contributed by atoms with Crippen molar-refractivity contribution < 1.29 is 14.3 Å². The van der Waals surface area contributed by atoms with Gasteiger partial charge in [0.25, 0.3) is 0 Å². The molecule has 0 saturated heterocycles. The normalized spacial score (nSPS) is 16.3. The van der Waals surface area contributed by atoms with Crippen LogP contribution in [0.5, 0.6) is 0 Å². The van der Waals surface area contributed by atoms with E-state index in [1.165, 1.54) is 0 Å². The molecule has 2 N–H and O–H groups in total. The summed E-state index contributed by atoms with van der Waals surface area (Å²) in [7, 11) is 0. The Hall–Kier alpha value is 0.890. The summed E-state index contributed by atoms with van der Waals surface area (Å²) in [4.78, 5) is 17.4. The van der Waals surface area contributed by atoms with Crippen molar-refractivity contribution in [2.45, 2.75) is 19.8 Å². The first-order valence-electron chi connectivity index (χ1n) is 2.92. The van der Waals surface area contributed by atoms with Crippen LogP contribution in [0.4, 0.5) is 0 Å². The molecule has 0 bridgehead atoms. The van der Waals surface area contributed by atoms with E-state index in [2.05, 4.69) is 4.52 Å². The van der Waals surface area contributed by atoms with Gasteiger partial charge >= 0.3 is 69.2 Å². The van der Waals surface area contributed by atoms with Crippen LogP contribution >= 0.6 is 28.5 Å². The van der Waals surface area contributed by atoms with Gasteiger partial charge in [-0.3, -0.25) is 0 Å². The van der Waals surface area contributed by atoms with Crippen LogP contribution in [0.25, 0.3) is 0 Å². The third kappa shape index (κ3) is 8.89. The number of unbranched alkanes of at least 4 members (excludes halogenated alkanes) is 1. The summed E-state index contributed by atoms with van der Waals surface area (Å²) in [6.45, 7) is 2.11. The average Bonchev–Trinajstić information content (AvgIpc) is 1.61. The maximum atomic E-state index is 8.70. The first-order chi connectivity index (χ1) is 4.31. The summed E-state index contributed by atoms with van der Waals surface area (Å²) in [5.41, 5.74) is 0. The molecule has 0 aliphatic heterocycles. The quantitative estimate of drug-likeness (QED) is 0.552. The van der Waals surface area contributed by atoms with Crippen LogP contribution in [0.15, 0.2) is 0 Å². The minimum atomic E-state index is -4.70. The topological polar surface area (TPSA) is 49.7 Å². The molecule has 0 rings (SSSR count). The van der Waals surface area contributed by atoms with Crippen molar-refractivity contribution in [3.8, 4) is 0 Å². The minimum absolute atomic E-state index is 0.175. The van der Waals surface area contributed by atoms with Crippen LogP contribution in [0, 0.1) is 0 Å². The molecule has 0 aliphatic carbocycles. The van der Waals surface area contributed by atoms with Gasteiger partial charge in [0, 0.05) is 0 Å². The van der Waals surface area contributed by atoms with Gasteiger partial charge in [0.15, 0.2) is 0 Å². The summed E-state index contributed by atoms with van der Waals surface area (Å²) >= 11 is 10.0. The van der Waals surface area contributed by atoms with E-state index in [0.717, 1.165) is 6.42 Å². The second-order valence-electron chi connectivity index (χ2n) is 1.94. The van der Waals surface area contributed by atoms with Crippen molar-refractivity contribution in [3.05, 3.63) is 0 Å². The predicted octanol–water partition coefficient (Wildman–Crippen LogP) is 2.39. The van der Waals surface area contributed by atoms with Crippen molar-refractivity contribution >= 4 is 28.5 Å². The fraction of sp³-hybridized carbons (Fsp3) is 1.00. The molecule has 0 amide bonds. The van der Waals surface area contributed by atoms with Gasteiger partial charge in [0.05, 0.1) is 0 Å². The maximum absolute atomic E-state index is 8.70. The second kappa shape index (κ2) is 3.53. The molecule has 0 saturated carbocycles. The van der Waals surface area contributed by atoms with E-state index in [0.29, 0.717) is 6.42 Å². The molecular weight excluding hydrogens is 198 g/mol. The van der Waals surface area contributed by atoms with Gasteiger partial charge in [-0.1, -0.05) is 0 Å². The number of rotatable bonds is 4. The van der Waals surface area contributed by atoms with E-state index in [9.17, 15) is 0 Å². The first kappa shape index (κ1) is 10.9. The van der Waals surface area contributed by atoms with E-state index in [-0.39, 0.29) is 6.61 Å². The predicted molar refractivity (Wildman–Crippen MR) is 43.9 cm³/mol. The summed E-state index contributed by atoms with van der Waals surface area (Å²) in [6, 6.07) is 0. The molecule has 0 radical (unpaired) electrons. The Morgan fingerprint density at radius 1 is 1.40 bits per heavy atom. The van der Waals surface area contributed by atoms with Crippen LogP contribution in [-0.4, -0.2) is 16.4 Å². The third-order valence-corrected chi connectivity index (χ3v) is 2.00. The van der Waals surface area contributed by atoms with Gasteiger partial charge in [0.1, 0.15) is 0 Å². The summed E-state index contributed by atoms with van der Waals surface area (Å²) in [5, 5.41) is 0. The Balaban J connectivity index is 3.49. The Bertz CT molecular complexity index is 102. The Kier molecular flexibility index (Phi) is 3.84. The number of hydrogen-bond donors (Lipinski definition) is 2. The fourth-order valence-corrected chi connectivity index (χ4v) is 1.20. The Morgan fingerprint density at radius 2 is 1.90 bits per heavy atom. The SMILES string of the molecule is CCCCOP(O)(O)(Cl)Cl. The molecule has 6 heteroatoms. The molecule has 0 aromatic rings. The van der Waals surface area contributed by atoms with Crippen molar-refractivity contribution in [2.24, 2.45) is 0 Å². The fourth-order valence-electron chi connectivity index (χ4n) is 0.360. The average molecular weight is 209 g/mol. The van der Waals surface area contributed by atoms with Gasteiger partial charge in [-0.2, -0.15) is 0 Å². The van der Waals surface area contributed by atoms with Crippen molar-refractivity contribution in [2.75, 3.05) is 6.61 Å². The molecule has 0 aromatic heterocycles. The molecule has 0 atom stereocenters. The molecule has 0 fully saturated rings. The zero-order valence-electron chi connectivity index (χ0n) is 5.63. The molecule has 3 nitrogen and oxygen atoms in total. The van der Waals surface area contributed by atoms with Crippen LogP contribution in [-0.2, 0) is 4.52 Å². The Morgan fingerprint density at radius 3 is 2.20 bits per heavy atom. The van der Waals surface area contributed by atoms with Gasteiger partial charge in [0.2, 0.25) is 0 Å². The van der Waals surface area contributed by atoms with Gasteiger partial charge in [-0.15, -0.1) is 0 Å². The third-order valence-electron chi connectivity index (χ3n) is 0.802. The van der Waals surface area contributed by atoms with Crippen LogP contribution in [0.1, 0.15) is 19.8 Å². The van der Waals surface area contributed by atoms with Crippen molar-refractivity contribution in [3.63, 3.8) is 0 Å². The molecule has 0 heterocycles. The molecule has 0 spiro atoms. The Labute approximate surface area is 69.7 Å². The molecular formula is C4H11Cl2O3P. The molecule has 10 heavy (non-hydrogen) atoms. The van der Waals surface area contributed by atoms with Crippen molar-refractivity contribution in [1.29, 1.82) is 0 Å². The van der Waals surface area contributed by atoms with E-state index in [1.807, 2.05) is 6.92 Å². The number of halogens is 2. The first-order valence-corrected chi connectivity index (χ1v) is 6.79. The van der Waals surface area contributed by atoms with E-state index in [1.54, 1.807) is 0 Å². The second-order valence-corrected chi connectivity index (χ2v) is 7.89. The molecule has 0 unspecified atom stereocenters. The molecule has 64 valence electrons. The molecule has 0 aromatic carbocycles. The van der Waals surface area contributed by atoms with Crippen molar-refractivity contribution in [1.82, 2.24) is 0 Å².